The normalized spacial score (nSPS) is 16.6. The highest BCUT2D eigenvalue weighted by Gasteiger charge is 2.18. The first kappa shape index (κ1) is 16.2. The second kappa shape index (κ2) is 7.29. The molecule has 1 aliphatic rings. The maximum absolute atomic E-state index is 11.9. The lowest BCUT2D eigenvalue weighted by Gasteiger charge is -2.32. The van der Waals surface area contributed by atoms with Crippen LogP contribution in [-0.4, -0.2) is 54.6 Å². The van der Waals surface area contributed by atoms with Crippen molar-refractivity contribution in [3.05, 3.63) is 38.8 Å². The molecule has 1 fully saturated rings. The minimum absolute atomic E-state index is 0.0120. The van der Waals surface area contributed by atoms with E-state index in [1.165, 1.54) is 11.3 Å². The highest BCUT2D eigenvalue weighted by atomic mass is 32.1. The molecule has 0 aliphatic carbocycles. The lowest BCUT2D eigenvalue weighted by molar-refractivity contribution is 0.149. The predicted molar refractivity (Wildman–Crippen MR) is 94.3 cm³/mol. The Hall–Kier alpha value is -1.63. The van der Waals surface area contributed by atoms with E-state index in [-0.39, 0.29) is 4.87 Å². The summed E-state index contributed by atoms with van der Waals surface area (Å²) in [6.45, 7) is 7.72. The van der Waals surface area contributed by atoms with E-state index in [1.807, 2.05) is 31.2 Å². The zero-order valence-electron chi connectivity index (χ0n) is 13.7. The molecule has 1 aromatic carbocycles. The summed E-state index contributed by atoms with van der Waals surface area (Å²) in [5.41, 5.74) is 1.98. The van der Waals surface area contributed by atoms with E-state index in [1.54, 1.807) is 0 Å². The van der Waals surface area contributed by atoms with E-state index >= 15 is 0 Å². The molecule has 2 heterocycles. The largest absolute Gasteiger partial charge is 0.494 e. The van der Waals surface area contributed by atoms with Crippen molar-refractivity contribution >= 4 is 11.3 Å². The Kier molecular flexibility index (Phi) is 5.15. The van der Waals surface area contributed by atoms with Crippen molar-refractivity contribution in [2.24, 2.45) is 0 Å². The second-order valence-corrected chi connectivity index (χ2v) is 6.92. The van der Waals surface area contributed by atoms with Crippen LogP contribution < -0.4 is 9.61 Å². The summed E-state index contributed by atoms with van der Waals surface area (Å²) in [4.78, 5) is 20.7. The molecule has 6 heteroatoms. The molecule has 0 saturated carbocycles. The molecule has 0 unspecified atom stereocenters. The Morgan fingerprint density at radius 2 is 1.87 bits per heavy atom. The molecule has 5 nitrogen and oxygen atoms in total. The SMILES string of the molecule is CCOc1ccc(-c2[nH]c(=O)sc2CN2CCN(C)CC2)cc1. The van der Waals surface area contributed by atoms with Crippen molar-refractivity contribution in [3.8, 4) is 17.0 Å². The van der Waals surface area contributed by atoms with Crippen LogP contribution in [0.15, 0.2) is 29.1 Å². The molecule has 0 bridgehead atoms. The molecule has 1 aliphatic heterocycles. The molecular formula is C17H23N3O2S. The first-order chi connectivity index (χ1) is 11.2. The highest BCUT2D eigenvalue weighted by molar-refractivity contribution is 7.09. The summed E-state index contributed by atoms with van der Waals surface area (Å²) in [5.74, 6) is 0.856. The summed E-state index contributed by atoms with van der Waals surface area (Å²) in [6.07, 6.45) is 0. The fourth-order valence-electron chi connectivity index (χ4n) is 2.80. The minimum atomic E-state index is 0.0120. The summed E-state index contributed by atoms with van der Waals surface area (Å²) in [6, 6.07) is 7.93. The number of ether oxygens (including phenoxy) is 1. The first-order valence-corrected chi connectivity index (χ1v) is 8.83. The number of nitrogens with zero attached hydrogens (tertiary/aromatic N) is 2. The van der Waals surface area contributed by atoms with Crippen LogP contribution in [0.4, 0.5) is 0 Å². The van der Waals surface area contributed by atoms with Gasteiger partial charge in [-0.15, -0.1) is 0 Å². The summed E-state index contributed by atoms with van der Waals surface area (Å²) in [5, 5.41) is 0. The number of piperazine rings is 1. The van der Waals surface area contributed by atoms with E-state index in [2.05, 4.69) is 21.8 Å². The number of H-pyrrole nitrogens is 1. The average Bonchev–Trinajstić information content (AvgIpc) is 2.91. The Morgan fingerprint density at radius 3 is 2.52 bits per heavy atom. The third kappa shape index (κ3) is 4.02. The van der Waals surface area contributed by atoms with Crippen LogP contribution in [-0.2, 0) is 6.54 Å². The molecule has 0 spiro atoms. The van der Waals surface area contributed by atoms with Gasteiger partial charge in [-0.3, -0.25) is 9.69 Å². The van der Waals surface area contributed by atoms with Crippen LogP contribution in [0, 0.1) is 0 Å². The van der Waals surface area contributed by atoms with Gasteiger partial charge in [0, 0.05) is 37.6 Å². The molecule has 1 aromatic heterocycles. The van der Waals surface area contributed by atoms with Crippen molar-refractivity contribution in [1.29, 1.82) is 0 Å². The van der Waals surface area contributed by atoms with Crippen molar-refractivity contribution in [2.75, 3.05) is 39.8 Å². The monoisotopic (exact) mass is 333 g/mol. The quantitative estimate of drug-likeness (QED) is 0.912. The molecule has 0 atom stereocenters. The standard InChI is InChI=1S/C17H23N3O2S/c1-3-22-14-6-4-13(5-7-14)16-15(23-17(21)18-16)12-20-10-8-19(2)9-11-20/h4-7H,3,8-12H2,1-2H3,(H,18,21). The van der Waals surface area contributed by atoms with Gasteiger partial charge in [0.25, 0.3) is 0 Å². The van der Waals surface area contributed by atoms with Gasteiger partial charge < -0.3 is 14.6 Å². The fraction of sp³-hybridized carbons (Fsp3) is 0.471. The number of rotatable bonds is 5. The Bertz CT molecular complexity index is 685. The van der Waals surface area contributed by atoms with Gasteiger partial charge in [0.05, 0.1) is 12.3 Å². The van der Waals surface area contributed by atoms with E-state index < -0.39 is 0 Å². The summed E-state index contributed by atoms with van der Waals surface area (Å²) >= 11 is 1.32. The topological polar surface area (TPSA) is 48.6 Å². The summed E-state index contributed by atoms with van der Waals surface area (Å²) < 4.78 is 5.48. The van der Waals surface area contributed by atoms with Crippen molar-refractivity contribution in [2.45, 2.75) is 13.5 Å². The smallest absolute Gasteiger partial charge is 0.305 e. The number of benzene rings is 1. The van der Waals surface area contributed by atoms with Crippen LogP contribution in [0.5, 0.6) is 5.75 Å². The number of aromatic amines is 1. The third-order valence-corrected chi connectivity index (χ3v) is 5.01. The molecular weight excluding hydrogens is 310 g/mol. The maximum atomic E-state index is 11.9. The predicted octanol–water partition coefficient (Wildman–Crippen LogP) is 2.25. The zero-order valence-corrected chi connectivity index (χ0v) is 14.5. The number of hydrogen-bond acceptors (Lipinski definition) is 5. The van der Waals surface area contributed by atoms with Crippen LogP contribution in [0.1, 0.15) is 11.8 Å². The van der Waals surface area contributed by atoms with Gasteiger partial charge in [-0.2, -0.15) is 0 Å². The number of nitrogens with one attached hydrogen (secondary N) is 1. The van der Waals surface area contributed by atoms with Gasteiger partial charge in [0.15, 0.2) is 0 Å². The van der Waals surface area contributed by atoms with Gasteiger partial charge in [-0.1, -0.05) is 11.3 Å². The second-order valence-electron chi connectivity index (χ2n) is 5.85. The van der Waals surface area contributed by atoms with Crippen molar-refractivity contribution in [1.82, 2.24) is 14.8 Å². The van der Waals surface area contributed by atoms with Crippen molar-refractivity contribution in [3.63, 3.8) is 0 Å². The van der Waals surface area contributed by atoms with Gasteiger partial charge in [0.2, 0.25) is 0 Å². The van der Waals surface area contributed by atoms with Crippen LogP contribution in [0.3, 0.4) is 0 Å². The average molecular weight is 333 g/mol. The number of thiazole rings is 1. The van der Waals surface area contributed by atoms with Crippen molar-refractivity contribution < 1.29 is 4.74 Å². The molecule has 0 radical (unpaired) electrons. The van der Waals surface area contributed by atoms with E-state index in [4.69, 9.17) is 4.74 Å². The molecule has 3 rings (SSSR count). The Balaban J connectivity index is 1.78. The highest BCUT2D eigenvalue weighted by Crippen LogP contribution is 2.26. The first-order valence-electron chi connectivity index (χ1n) is 8.02. The molecule has 2 aromatic rings. The molecule has 0 amide bonds. The van der Waals surface area contributed by atoms with Crippen LogP contribution in [0.25, 0.3) is 11.3 Å². The molecule has 124 valence electrons. The van der Waals surface area contributed by atoms with Gasteiger partial charge in [0.1, 0.15) is 5.75 Å². The van der Waals surface area contributed by atoms with Gasteiger partial charge >= 0.3 is 4.87 Å². The maximum Gasteiger partial charge on any atom is 0.305 e. The van der Waals surface area contributed by atoms with E-state index in [0.29, 0.717) is 6.61 Å². The minimum Gasteiger partial charge on any atom is -0.494 e. The van der Waals surface area contributed by atoms with E-state index in [9.17, 15) is 4.79 Å². The Morgan fingerprint density at radius 1 is 1.17 bits per heavy atom. The van der Waals surface area contributed by atoms with Crippen LogP contribution in [0.2, 0.25) is 0 Å². The number of aromatic nitrogens is 1. The van der Waals surface area contributed by atoms with Crippen LogP contribution >= 0.6 is 11.3 Å². The van der Waals surface area contributed by atoms with Gasteiger partial charge in [-0.25, -0.2) is 0 Å². The fourth-order valence-corrected chi connectivity index (χ4v) is 3.69. The molecule has 1 N–H and O–H groups in total. The number of hydrogen-bond donors (Lipinski definition) is 1. The zero-order chi connectivity index (χ0) is 16.2. The lowest BCUT2D eigenvalue weighted by atomic mass is 10.1. The summed E-state index contributed by atoms with van der Waals surface area (Å²) in [7, 11) is 2.15. The lowest BCUT2D eigenvalue weighted by Crippen LogP contribution is -2.43. The molecule has 1 saturated heterocycles. The third-order valence-electron chi connectivity index (χ3n) is 4.14. The van der Waals surface area contributed by atoms with Gasteiger partial charge in [-0.05, 0) is 43.8 Å². The Labute approximate surface area is 140 Å². The molecule has 23 heavy (non-hydrogen) atoms. The van der Waals surface area contributed by atoms with E-state index in [0.717, 1.165) is 54.6 Å². The number of likely N-dealkylation sites (N-methyl/N-ethyl adjacent to an activating group) is 1.